The Balaban J connectivity index is 1.78. The van der Waals surface area contributed by atoms with Gasteiger partial charge in [-0.2, -0.15) is 5.26 Å². The number of rotatable bonds is 6. The first-order valence-electron chi connectivity index (χ1n) is 13.0. The average molecular weight is 542 g/mol. The number of benzene rings is 4. The summed E-state index contributed by atoms with van der Waals surface area (Å²) in [4.78, 5) is 8.66. The molecule has 1 saturated carbocycles. The predicted molar refractivity (Wildman–Crippen MR) is 165 cm³/mol. The van der Waals surface area contributed by atoms with Crippen LogP contribution >= 0.6 is 15.8 Å². The van der Waals surface area contributed by atoms with Gasteiger partial charge in [-0.3, -0.25) is 0 Å². The van der Waals surface area contributed by atoms with E-state index in [0.29, 0.717) is 19.3 Å². The van der Waals surface area contributed by atoms with Gasteiger partial charge in [0, 0.05) is 21.3 Å². The standard InChI is InChI=1S/C34H29N3P2/c1-32(36-2)24-33(27-35,38(28-16-8-4-9-17-28)29-18-10-5-11-19-29)26-34(25-32,37-3)39(30-20-12-6-13-21-30)31-22-14-7-15-23-31/h4-23H,24-26H2,1H3. The maximum atomic E-state index is 11.2. The summed E-state index contributed by atoms with van der Waals surface area (Å²) in [5, 5.41) is 13.8. The summed E-state index contributed by atoms with van der Waals surface area (Å²) in [6, 6.07) is 43.9. The first kappa shape index (κ1) is 26.8. The molecular weight excluding hydrogens is 512 g/mol. The van der Waals surface area contributed by atoms with Crippen LogP contribution in [0.25, 0.3) is 9.69 Å². The molecule has 0 aromatic heterocycles. The Morgan fingerprint density at radius 1 is 0.590 bits per heavy atom. The molecule has 0 saturated heterocycles. The normalized spacial score (nSPS) is 24.4. The van der Waals surface area contributed by atoms with Crippen molar-refractivity contribution in [3.63, 3.8) is 0 Å². The van der Waals surface area contributed by atoms with Crippen LogP contribution in [0.1, 0.15) is 26.2 Å². The molecule has 5 rings (SSSR count). The van der Waals surface area contributed by atoms with Crippen LogP contribution in [0.4, 0.5) is 0 Å². The summed E-state index contributed by atoms with van der Waals surface area (Å²) >= 11 is 0. The lowest BCUT2D eigenvalue weighted by Crippen LogP contribution is -2.54. The smallest absolute Gasteiger partial charge is 0.265 e. The van der Waals surface area contributed by atoms with Crippen molar-refractivity contribution in [1.82, 2.24) is 0 Å². The summed E-state index contributed by atoms with van der Waals surface area (Å²) in [5.41, 5.74) is -0.840. The monoisotopic (exact) mass is 541 g/mol. The van der Waals surface area contributed by atoms with Crippen molar-refractivity contribution in [1.29, 1.82) is 5.26 Å². The Bertz CT molecular complexity index is 1350. The zero-order chi connectivity index (χ0) is 27.3. The molecule has 4 aromatic carbocycles. The van der Waals surface area contributed by atoms with Crippen LogP contribution in [0.15, 0.2) is 121 Å². The Hall–Kier alpha value is -3.79. The highest BCUT2D eigenvalue weighted by Crippen LogP contribution is 2.67. The van der Waals surface area contributed by atoms with Crippen molar-refractivity contribution in [3.05, 3.63) is 144 Å². The average Bonchev–Trinajstić information content (AvgIpc) is 2.99. The van der Waals surface area contributed by atoms with Crippen molar-refractivity contribution < 1.29 is 0 Å². The predicted octanol–water partition coefficient (Wildman–Crippen LogP) is 6.99. The molecule has 39 heavy (non-hydrogen) atoms. The second kappa shape index (κ2) is 11.1. The van der Waals surface area contributed by atoms with Gasteiger partial charge in [0.1, 0.15) is 11.6 Å². The van der Waals surface area contributed by atoms with E-state index in [1.165, 1.54) is 0 Å². The van der Waals surface area contributed by atoms with Crippen molar-refractivity contribution >= 4 is 37.1 Å². The summed E-state index contributed by atoms with van der Waals surface area (Å²) < 4.78 is 0. The first-order chi connectivity index (χ1) is 19.0. The Kier molecular flexibility index (Phi) is 7.65. The highest BCUT2D eigenvalue weighted by Gasteiger charge is 2.67. The highest BCUT2D eigenvalue weighted by molar-refractivity contribution is 7.75. The molecule has 4 aromatic rings. The van der Waals surface area contributed by atoms with E-state index < -0.39 is 31.8 Å². The lowest BCUT2D eigenvalue weighted by atomic mass is 9.74. The molecule has 0 amide bonds. The molecule has 3 atom stereocenters. The third-order valence-corrected chi connectivity index (χ3v) is 13.3. The second-order valence-corrected chi connectivity index (χ2v) is 15.5. The minimum absolute atomic E-state index is 0.427. The van der Waals surface area contributed by atoms with E-state index in [-0.39, 0.29) is 0 Å². The van der Waals surface area contributed by atoms with Gasteiger partial charge < -0.3 is 9.69 Å². The van der Waals surface area contributed by atoms with Crippen LogP contribution in [0.5, 0.6) is 0 Å². The summed E-state index contributed by atoms with van der Waals surface area (Å²) in [5.74, 6) is 0. The SMILES string of the molecule is [C-]#[N+]C1(C)CC(C#N)(P(c2ccccc2)c2ccccc2)CC([N+]#[C-])(P(c2ccccc2)c2ccccc2)C1. The van der Waals surface area contributed by atoms with Gasteiger partial charge in [0.05, 0.1) is 12.5 Å². The van der Waals surface area contributed by atoms with Crippen LogP contribution in [0.2, 0.25) is 0 Å². The van der Waals surface area contributed by atoms with E-state index in [4.69, 9.17) is 13.1 Å². The lowest BCUT2D eigenvalue weighted by Gasteiger charge is -2.47. The van der Waals surface area contributed by atoms with Gasteiger partial charge in [-0.15, -0.1) is 0 Å². The van der Waals surface area contributed by atoms with Gasteiger partial charge in [-0.05, 0) is 29.1 Å². The zero-order valence-corrected chi connectivity index (χ0v) is 23.7. The van der Waals surface area contributed by atoms with Crippen LogP contribution in [0.3, 0.4) is 0 Å². The molecule has 1 fully saturated rings. The Morgan fingerprint density at radius 2 is 0.974 bits per heavy atom. The fourth-order valence-electron chi connectivity index (χ4n) is 6.13. The molecule has 1 aliphatic carbocycles. The molecule has 190 valence electrons. The van der Waals surface area contributed by atoms with Crippen molar-refractivity contribution in [3.8, 4) is 6.07 Å². The number of hydrogen-bond donors (Lipinski definition) is 0. The Labute approximate surface area is 234 Å². The Morgan fingerprint density at radius 3 is 1.31 bits per heavy atom. The maximum absolute atomic E-state index is 11.2. The van der Waals surface area contributed by atoms with Gasteiger partial charge in [0.2, 0.25) is 5.54 Å². The first-order valence-corrected chi connectivity index (χ1v) is 15.7. The minimum Gasteiger partial charge on any atom is -0.310 e. The van der Waals surface area contributed by atoms with Crippen LogP contribution in [0, 0.1) is 24.5 Å². The molecule has 1 aliphatic rings. The second-order valence-electron chi connectivity index (χ2n) is 10.4. The molecule has 0 N–H and O–H groups in total. The van der Waals surface area contributed by atoms with Crippen LogP contribution in [-0.4, -0.2) is 16.0 Å². The van der Waals surface area contributed by atoms with E-state index in [1.54, 1.807) is 0 Å². The van der Waals surface area contributed by atoms with E-state index in [9.17, 15) is 5.26 Å². The molecular formula is C34H29N3P2. The van der Waals surface area contributed by atoms with Gasteiger partial charge in [0.15, 0.2) is 0 Å². The van der Waals surface area contributed by atoms with E-state index in [2.05, 4.69) is 64.3 Å². The molecule has 5 heteroatoms. The zero-order valence-electron chi connectivity index (χ0n) is 21.9. The van der Waals surface area contributed by atoms with Crippen molar-refractivity contribution in [2.24, 2.45) is 0 Å². The third kappa shape index (κ3) is 5.13. The maximum Gasteiger partial charge on any atom is 0.265 e. The summed E-state index contributed by atoms with van der Waals surface area (Å²) in [7, 11) is -2.36. The quantitative estimate of drug-likeness (QED) is 0.191. The van der Waals surface area contributed by atoms with E-state index in [1.807, 2.05) is 79.7 Å². The van der Waals surface area contributed by atoms with Gasteiger partial charge in [0.25, 0.3) is 5.28 Å². The van der Waals surface area contributed by atoms with E-state index in [0.717, 1.165) is 21.2 Å². The molecule has 0 radical (unpaired) electrons. The molecule has 3 nitrogen and oxygen atoms in total. The fraction of sp³-hybridized carbons (Fsp3) is 0.206. The minimum atomic E-state index is -1.18. The van der Waals surface area contributed by atoms with Crippen molar-refractivity contribution in [2.75, 3.05) is 0 Å². The molecule has 3 unspecified atom stereocenters. The van der Waals surface area contributed by atoms with Crippen molar-refractivity contribution in [2.45, 2.75) is 42.2 Å². The fourth-order valence-corrected chi connectivity index (χ4v) is 12.7. The largest absolute Gasteiger partial charge is 0.310 e. The van der Waals surface area contributed by atoms with Gasteiger partial charge >= 0.3 is 0 Å². The number of nitriles is 1. The van der Waals surface area contributed by atoms with Gasteiger partial charge in [-0.25, -0.2) is 13.1 Å². The van der Waals surface area contributed by atoms with Gasteiger partial charge in [-0.1, -0.05) is 121 Å². The summed E-state index contributed by atoms with van der Waals surface area (Å²) in [6.45, 7) is 19.1. The molecule has 0 heterocycles. The topological polar surface area (TPSA) is 32.5 Å². The third-order valence-electron chi connectivity index (χ3n) is 7.50. The van der Waals surface area contributed by atoms with Crippen LogP contribution < -0.4 is 21.2 Å². The summed E-state index contributed by atoms with van der Waals surface area (Å²) in [6.07, 6.45) is 1.31. The van der Waals surface area contributed by atoms with E-state index >= 15 is 0 Å². The molecule has 0 aliphatic heterocycles. The molecule has 0 spiro atoms. The lowest BCUT2D eigenvalue weighted by molar-refractivity contribution is 0.307. The highest BCUT2D eigenvalue weighted by atomic mass is 31.1. The van der Waals surface area contributed by atoms with Crippen LogP contribution in [-0.2, 0) is 0 Å². The molecule has 0 bridgehead atoms. The number of nitrogens with zero attached hydrogens (tertiary/aromatic N) is 3. The number of hydrogen-bond acceptors (Lipinski definition) is 1.